The zero-order chi connectivity index (χ0) is 24.5. The number of hydrogen-bond donors (Lipinski definition) is 3. The van der Waals surface area contributed by atoms with E-state index in [0.29, 0.717) is 6.42 Å². The lowest BCUT2D eigenvalue weighted by Crippen LogP contribution is -2.50. The van der Waals surface area contributed by atoms with Crippen molar-refractivity contribution in [2.75, 3.05) is 20.3 Å². The summed E-state index contributed by atoms with van der Waals surface area (Å²) in [6.07, 6.45) is 0.601. The SMILES string of the molecule is CCC[C@@H](CC(=O)O)NC(=O)C(CCOC)NC(=O)OCC1c2ccccc2-c2ccccc21. The molecule has 0 saturated carbocycles. The molecule has 0 spiro atoms. The van der Waals surface area contributed by atoms with E-state index < -0.39 is 30.1 Å². The number of methoxy groups -OCH3 is 1. The van der Waals surface area contributed by atoms with Gasteiger partial charge in [0.25, 0.3) is 0 Å². The number of benzene rings is 2. The zero-order valence-corrected chi connectivity index (χ0v) is 19.6. The summed E-state index contributed by atoms with van der Waals surface area (Å²) in [5.41, 5.74) is 4.46. The van der Waals surface area contributed by atoms with Crippen molar-refractivity contribution in [3.05, 3.63) is 59.7 Å². The molecule has 1 aliphatic rings. The monoisotopic (exact) mass is 468 g/mol. The molecule has 34 heavy (non-hydrogen) atoms. The molecule has 0 saturated heterocycles. The van der Waals surface area contributed by atoms with Crippen molar-refractivity contribution in [1.82, 2.24) is 10.6 Å². The smallest absolute Gasteiger partial charge is 0.407 e. The van der Waals surface area contributed by atoms with Gasteiger partial charge in [0.1, 0.15) is 12.6 Å². The fraction of sp³-hybridized carbons (Fsp3) is 0.423. The van der Waals surface area contributed by atoms with Gasteiger partial charge in [0.15, 0.2) is 0 Å². The Hall–Kier alpha value is -3.39. The third kappa shape index (κ3) is 6.35. The molecule has 182 valence electrons. The lowest BCUT2D eigenvalue weighted by Gasteiger charge is -2.22. The molecule has 0 aromatic heterocycles. The summed E-state index contributed by atoms with van der Waals surface area (Å²) in [7, 11) is 1.51. The van der Waals surface area contributed by atoms with Gasteiger partial charge in [0.05, 0.1) is 6.42 Å². The Morgan fingerprint density at radius 3 is 2.15 bits per heavy atom. The van der Waals surface area contributed by atoms with Gasteiger partial charge in [-0.2, -0.15) is 0 Å². The summed E-state index contributed by atoms with van der Waals surface area (Å²) in [5, 5.41) is 14.5. The lowest BCUT2D eigenvalue weighted by atomic mass is 9.98. The molecular formula is C26H32N2O6. The molecule has 3 rings (SSSR count). The van der Waals surface area contributed by atoms with Crippen molar-refractivity contribution in [3.8, 4) is 11.1 Å². The van der Waals surface area contributed by atoms with Crippen LogP contribution in [-0.2, 0) is 19.1 Å². The Morgan fingerprint density at radius 2 is 1.59 bits per heavy atom. The van der Waals surface area contributed by atoms with E-state index in [0.717, 1.165) is 28.7 Å². The second-order valence-corrected chi connectivity index (χ2v) is 8.40. The summed E-state index contributed by atoms with van der Waals surface area (Å²) in [6.45, 7) is 2.30. The van der Waals surface area contributed by atoms with Gasteiger partial charge in [0, 0.05) is 32.1 Å². The maximum atomic E-state index is 12.8. The lowest BCUT2D eigenvalue weighted by molar-refractivity contribution is -0.137. The minimum atomic E-state index is -0.989. The Bertz CT molecular complexity index is 963. The molecule has 1 unspecified atom stereocenters. The van der Waals surface area contributed by atoms with Crippen LogP contribution >= 0.6 is 0 Å². The van der Waals surface area contributed by atoms with Crippen LogP contribution in [0, 0.1) is 0 Å². The second kappa shape index (κ2) is 12.2. The number of aliphatic carboxylic acids is 1. The number of ether oxygens (including phenoxy) is 2. The molecule has 2 aromatic carbocycles. The normalized spacial score (nSPS) is 13.9. The van der Waals surface area contributed by atoms with E-state index in [1.54, 1.807) is 0 Å². The molecule has 2 atom stereocenters. The topological polar surface area (TPSA) is 114 Å². The van der Waals surface area contributed by atoms with Gasteiger partial charge in [-0.25, -0.2) is 4.79 Å². The number of fused-ring (bicyclic) bond motifs is 3. The third-order valence-corrected chi connectivity index (χ3v) is 5.97. The number of nitrogens with one attached hydrogen (secondary N) is 2. The van der Waals surface area contributed by atoms with Crippen LogP contribution in [-0.4, -0.2) is 55.5 Å². The molecule has 3 N–H and O–H groups in total. The van der Waals surface area contributed by atoms with Gasteiger partial charge in [-0.3, -0.25) is 9.59 Å². The van der Waals surface area contributed by atoms with Crippen LogP contribution in [0.1, 0.15) is 49.7 Å². The highest BCUT2D eigenvalue weighted by atomic mass is 16.5. The first kappa shape index (κ1) is 25.2. The van der Waals surface area contributed by atoms with E-state index in [2.05, 4.69) is 22.8 Å². The van der Waals surface area contributed by atoms with Crippen LogP contribution in [0.4, 0.5) is 4.79 Å². The van der Waals surface area contributed by atoms with Gasteiger partial charge in [-0.15, -0.1) is 0 Å². The van der Waals surface area contributed by atoms with Crippen LogP contribution in [0.3, 0.4) is 0 Å². The molecule has 0 aliphatic heterocycles. The maximum absolute atomic E-state index is 12.8. The Morgan fingerprint density at radius 1 is 0.971 bits per heavy atom. The predicted octanol–water partition coefficient (Wildman–Crippen LogP) is 3.69. The first-order valence-corrected chi connectivity index (χ1v) is 11.6. The maximum Gasteiger partial charge on any atom is 0.407 e. The zero-order valence-electron chi connectivity index (χ0n) is 19.6. The largest absolute Gasteiger partial charge is 0.481 e. The van der Waals surface area contributed by atoms with E-state index >= 15 is 0 Å². The van der Waals surface area contributed by atoms with Crippen molar-refractivity contribution in [3.63, 3.8) is 0 Å². The minimum Gasteiger partial charge on any atom is -0.481 e. The van der Waals surface area contributed by atoms with Crippen LogP contribution < -0.4 is 10.6 Å². The molecule has 0 bridgehead atoms. The van der Waals surface area contributed by atoms with Gasteiger partial charge in [0.2, 0.25) is 5.91 Å². The molecule has 8 heteroatoms. The molecule has 2 amide bonds. The van der Waals surface area contributed by atoms with Crippen molar-refractivity contribution in [2.45, 2.75) is 50.6 Å². The number of carbonyl (C=O) groups excluding carboxylic acids is 2. The van der Waals surface area contributed by atoms with Crippen LogP contribution in [0.15, 0.2) is 48.5 Å². The minimum absolute atomic E-state index is 0.0890. The van der Waals surface area contributed by atoms with Gasteiger partial charge < -0.3 is 25.2 Å². The van der Waals surface area contributed by atoms with Crippen molar-refractivity contribution in [1.29, 1.82) is 0 Å². The number of hydrogen-bond acceptors (Lipinski definition) is 5. The van der Waals surface area contributed by atoms with Crippen LogP contribution in [0.2, 0.25) is 0 Å². The number of rotatable bonds is 12. The summed E-state index contributed by atoms with van der Waals surface area (Å²) in [4.78, 5) is 36.6. The highest BCUT2D eigenvalue weighted by Crippen LogP contribution is 2.44. The molecule has 0 fully saturated rings. The third-order valence-electron chi connectivity index (χ3n) is 5.97. The van der Waals surface area contributed by atoms with Gasteiger partial charge in [-0.1, -0.05) is 61.9 Å². The highest BCUT2D eigenvalue weighted by Gasteiger charge is 2.30. The summed E-state index contributed by atoms with van der Waals surface area (Å²) in [5.74, 6) is -1.53. The Labute approximate surface area is 199 Å². The van der Waals surface area contributed by atoms with E-state index in [-0.39, 0.29) is 32.0 Å². The number of carbonyl (C=O) groups is 3. The summed E-state index contributed by atoms with van der Waals surface area (Å²) < 4.78 is 10.6. The fourth-order valence-corrected chi connectivity index (χ4v) is 4.37. The number of carboxylic acid groups (broad SMARTS) is 1. The van der Waals surface area contributed by atoms with Crippen molar-refractivity contribution in [2.24, 2.45) is 0 Å². The summed E-state index contributed by atoms with van der Waals surface area (Å²) in [6, 6.07) is 14.7. The molecule has 1 aliphatic carbocycles. The highest BCUT2D eigenvalue weighted by molar-refractivity contribution is 5.86. The van der Waals surface area contributed by atoms with Crippen LogP contribution in [0.25, 0.3) is 11.1 Å². The van der Waals surface area contributed by atoms with Crippen molar-refractivity contribution >= 4 is 18.0 Å². The predicted molar refractivity (Wildman–Crippen MR) is 128 cm³/mol. The number of carboxylic acids is 1. The molecule has 8 nitrogen and oxygen atoms in total. The standard InChI is InChI=1S/C26H32N2O6/c1-3-8-17(15-24(29)30)27-25(31)23(13-14-33-2)28-26(32)34-16-22-20-11-6-4-9-18(20)19-10-5-7-12-21(19)22/h4-7,9-12,17,22-23H,3,8,13-16H2,1-2H3,(H,27,31)(H,28,32)(H,29,30)/t17-,23?/m0/s1. The fourth-order valence-electron chi connectivity index (χ4n) is 4.37. The first-order valence-electron chi connectivity index (χ1n) is 11.6. The average Bonchev–Trinajstić information content (AvgIpc) is 3.14. The van der Waals surface area contributed by atoms with Gasteiger partial charge in [-0.05, 0) is 28.7 Å². The molecule has 0 heterocycles. The number of amides is 2. The summed E-state index contributed by atoms with van der Waals surface area (Å²) >= 11 is 0. The Balaban J connectivity index is 1.64. The van der Waals surface area contributed by atoms with E-state index in [1.165, 1.54) is 7.11 Å². The average molecular weight is 469 g/mol. The van der Waals surface area contributed by atoms with E-state index in [1.807, 2.05) is 43.3 Å². The molecule has 0 radical (unpaired) electrons. The van der Waals surface area contributed by atoms with Gasteiger partial charge >= 0.3 is 12.1 Å². The molecular weight excluding hydrogens is 436 g/mol. The van der Waals surface area contributed by atoms with E-state index in [4.69, 9.17) is 14.6 Å². The van der Waals surface area contributed by atoms with E-state index in [9.17, 15) is 14.4 Å². The molecule has 2 aromatic rings. The second-order valence-electron chi connectivity index (χ2n) is 8.40. The first-order chi connectivity index (χ1) is 16.4. The Kier molecular flexibility index (Phi) is 9.04. The quantitative estimate of drug-likeness (QED) is 0.438. The van der Waals surface area contributed by atoms with Crippen molar-refractivity contribution < 1.29 is 29.0 Å². The number of alkyl carbamates (subject to hydrolysis) is 1. The van der Waals surface area contributed by atoms with Crippen LogP contribution in [0.5, 0.6) is 0 Å².